The van der Waals surface area contributed by atoms with Gasteiger partial charge in [0.1, 0.15) is 11.9 Å². The number of nitrogens with zero attached hydrogens (tertiary/aromatic N) is 3. The lowest BCUT2D eigenvalue weighted by Gasteiger charge is -2.41. The van der Waals surface area contributed by atoms with Crippen LogP contribution in [0.1, 0.15) is 52.0 Å². The fourth-order valence-corrected chi connectivity index (χ4v) is 6.08. The molecule has 36 heavy (non-hydrogen) atoms. The van der Waals surface area contributed by atoms with E-state index < -0.39 is 0 Å². The lowest BCUT2D eigenvalue weighted by atomic mass is 9.77. The molecule has 0 radical (unpaired) electrons. The third-order valence-corrected chi connectivity index (χ3v) is 8.09. The first-order valence-corrected chi connectivity index (χ1v) is 13.8. The summed E-state index contributed by atoms with van der Waals surface area (Å²) >= 11 is 1.56. The van der Waals surface area contributed by atoms with Crippen LogP contribution in [0.3, 0.4) is 0 Å². The van der Waals surface area contributed by atoms with Crippen molar-refractivity contribution in [3.05, 3.63) is 94.0 Å². The number of nitrogens with one attached hydrogen (secondary N) is 1. The third kappa shape index (κ3) is 5.34. The van der Waals surface area contributed by atoms with Gasteiger partial charge in [0.05, 0.1) is 5.36 Å². The molecule has 0 spiro atoms. The molecule has 0 fully saturated rings. The molecule has 2 aromatic rings. The Morgan fingerprint density at radius 3 is 2.69 bits per heavy atom. The van der Waals surface area contributed by atoms with Crippen LogP contribution in [0.2, 0.25) is 0 Å². The summed E-state index contributed by atoms with van der Waals surface area (Å²) < 4.78 is 0. The number of hydrazone groups is 1. The van der Waals surface area contributed by atoms with Gasteiger partial charge in [0.15, 0.2) is 5.17 Å². The number of hydrogen-bond donors (Lipinski definition) is 1. The Balaban J connectivity index is 1.44. The van der Waals surface area contributed by atoms with E-state index in [4.69, 9.17) is 10.1 Å². The summed E-state index contributed by atoms with van der Waals surface area (Å²) in [5.74, 6) is 1.39. The summed E-state index contributed by atoms with van der Waals surface area (Å²) in [6.07, 6.45) is 8.79. The summed E-state index contributed by atoms with van der Waals surface area (Å²) in [5.41, 5.74) is 4.73. The first-order valence-electron chi connectivity index (χ1n) is 12.8. The molecule has 2 aromatic carbocycles. The second kappa shape index (κ2) is 10.9. The summed E-state index contributed by atoms with van der Waals surface area (Å²) in [4.78, 5) is 18.6. The van der Waals surface area contributed by atoms with E-state index in [1.165, 1.54) is 16.7 Å². The van der Waals surface area contributed by atoms with Gasteiger partial charge in [-0.15, -0.1) is 5.10 Å². The van der Waals surface area contributed by atoms with E-state index in [0.29, 0.717) is 16.8 Å². The molecule has 0 bridgehead atoms. The highest BCUT2D eigenvalue weighted by molar-refractivity contribution is 8.13. The van der Waals surface area contributed by atoms with Gasteiger partial charge in [-0.25, -0.2) is 5.01 Å². The second-order valence-corrected chi connectivity index (χ2v) is 11.1. The predicted octanol–water partition coefficient (Wildman–Crippen LogP) is 5.11. The molecular formula is C30H34N4OS. The molecule has 2 aliphatic heterocycles. The Labute approximate surface area is 217 Å². The standard InChI is InChI=1S/C30H34N4OS/c1-20(2)10-9-13-22-16-17-24(21(3)18-22)28-31-26-15-8-7-14-25(26)27-29(35)32-30(33-34(27)28)36-19-23-11-5-4-6-12-23/h4-8,10-12,14-16,21,24,28H,9,13,17-19H2,1-3H3,(H,32,33,35). The number of carbonyl (C=O) groups excluding carboxylic acids is 1. The van der Waals surface area contributed by atoms with Crippen LogP contribution in [0.15, 0.2) is 88.0 Å². The first-order chi connectivity index (χ1) is 17.5. The zero-order chi connectivity index (χ0) is 25.1. The highest BCUT2D eigenvalue weighted by Crippen LogP contribution is 2.38. The Kier molecular flexibility index (Phi) is 7.42. The fraction of sp³-hybridized carbons (Fsp3) is 0.367. The van der Waals surface area contributed by atoms with E-state index >= 15 is 0 Å². The number of allylic oxidation sites excluding steroid dienone is 4. The van der Waals surface area contributed by atoms with Gasteiger partial charge in [0.2, 0.25) is 0 Å². The maximum absolute atomic E-state index is 13.4. The number of thioether (sulfide) groups is 1. The van der Waals surface area contributed by atoms with Crippen LogP contribution in [0.5, 0.6) is 0 Å². The second-order valence-electron chi connectivity index (χ2n) is 10.2. The quantitative estimate of drug-likeness (QED) is 0.563. The van der Waals surface area contributed by atoms with Crippen molar-refractivity contribution in [3.8, 4) is 0 Å². The van der Waals surface area contributed by atoms with Crippen molar-refractivity contribution in [3.63, 3.8) is 0 Å². The molecule has 5 rings (SSSR count). The summed E-state index contributed by atoms with van der Waals surface area (Å²) in [7, 11) is 0. The Bertz CT molecular complexity index is 1340. The van der Waals surface area contributed by atoms with Crippen LogP contribution < -0.4 is 15.9 Å². The predicted molar refractivity (Wildman–Crippen MR) is 148 cm³/mol. The third-order valence-electron chi connectivity index (χ3n) is 7.16. The minimum atomic E-state index is -0.196. The van der Waals surface area contributed by atoms with Gasteiger partial charge in [0.25, 0.3) is 5.91 Å². The highest BCUT2D eigenvalue weighted by Gasteiger charge is 2.40. The highest BCUT2D eigenvalue weighted by atomic mass is 32.2. The van der Waals surface area contributed by atoms with Gasteiger partial charge in [-0.05, 0) is 57.1 Å². The number of hydrogen-bond acceptors (Lipinski definition) is 5. The molecule has 2 heterocycles. The number of amides is 1. The summed E-state index contributed by atoms with van der Waals surface area (Å²) in [5, 5.41) is 12.3. The van der Waals surface area contributed by atoms with E-state index in [2.05, 4.69) is 50.4 Å². The number of benzene rings is 2. The molecular weight excluding hydrogens is 464 g/mol. The molecule has 0 saturated carbocycles. The lowest BCUT2D eigenvalue weighted by molar-refractivity contribution is -0.116. The van der Waals surface area contributed by atoms with Crippen LogP contribution in [0.4, 0.5) is 0 Å². The molecule has 1 amide bonds. The molecule has 3 unspecified atom stereocenters. The molecule has 0 saturated heterocycles. The van der Waals surface area contributed by atoms with Crippen molar-refractivity contribution < 1.29 is 4.79 Å². The minimum Gasteiger partial charge on any atom is -0.298 e. The maximum atomic E-state index is 13.4. The molecule has 3 atom stereocenters. The summed E-state index contributed by atoms with van der Waals surface area (Å²) in [6.45, 7) is 6.64. The molecule has 1 N–H and O–H groups in total. The topological polar surface area (TPSA) is 57.1 Å². The SMILES string of the molecule is CC(C)=CCCC1=CCC(C2N=c3ccccc3=C3C(=O)NC(SCc4ccccc4)=NN32)C(C)C1. The largest absolute Gasteiger partial charge is 0.298 e. The van der Waals surface area contributed by atoms with Crippen LogP contribution in [0.25, 0.3) is 5.70 Å². The van der Waals surface area contributed by atoms with Crippen molar-refractivity contribution >= 4 is 28.5 Å². The van der Waals surface area contributed by atoms with E-state index in [1.807, 2.05) is 47.5 Å². The number of rotatable bonds is 6. The Morgan fingerprint density at radius 1 is 1.14 bits per heavy atom. The van der Waals surface area contributed by atoms with Crippen molar-refractivity contribution in [2.45, 2.75) is 58.4 Å². The van der Waals surface area contributed by atoms with Crippen LogP contribution in [0, 0.1) is 11.8 Å². The number of fused-ring (bicyclic) bond motifs is 2. The van der Waals surface area contributed by atoms with E-state index in [-0.39, 0.29) is 18.0 Å². The van der Waals surface area contributed by atoms with Gasteiger partial charge < -0.3 is 0 Å². The molecule has 3 aliphatic rings. The number of para-hydroxylation sites is 1. The van der Waals surface area contributed by atoms with Crippen molar-refractivity contribution in [2.24, 2.45) is 21.9 Å². The molecule has 6 heteroatoms. The average molecular weight is 499 g/mol. The van der Waals surface area contributed by atoms with Crippen molar-refractivity contribution in [2.75, 3.05) is 0 Å². The molecule has 5 nitrogen and oxygen atoms in total. The number of carbonyl (C=O) groups is 1. The Hall–Kier alpha value is -3.12. The van der Waals surface area contributed by atoms with Gasteiger partial charge in [-0.1, -0.05) is 90.5 Å². The zero-order valence-corrected chi connectivity index (χ0v) is 22.1. The van der Waals surface area contributed by atoms with Gasteiger partial charge >= 0.3 is 0 Å². The van der Waals surface area contributed by atoms with Gasteiger partial charge in [-0.2, -0.15) is 0 Å². The number of amidine groups is 1. The van der Waals surface area contributed by atoms with Crippen molar-refractivity contribution in [1.29, 1.82) is 0 Å². The first kappa shape index (κ1) is 24.6. The zero-order valence-electron chi connectivity index (χ0n) is 21.3. The fourth-order valence-electron chi connectivity index (χ4n) is 5.27. The lowest BCUT2D eigenvalue weighted by Crippen LogP contribution is -2.55. The Morgan fingerprint density at radius 2 is 1.92 bits per heavy atom. The van der Waals surface area contributed by atoms with E-state index in [0.717, 1.165) is 42.0 Å². The summed E-state index contributed by atoms with van der Waals surface area (Å²) in [6, 6.07) is 18.2. The molecule has 1 aliphatic carbocycles. The van der Waals surface area contributed by atoms with E-state index in [1.54, 1.807) is 11.8 Å². The van der Waals surface area contributed by atoms with Crippen LogP contribution >= 0.6 is 11.8 Å². The van der Waals surface area contributed by atoms with Gasteiger partial charge in [0, 0.05) is 16.9 Å². The normalized spacial score (nSPS) is 23.0. The van der Waals surface area contributed by atoms with Crippen molar-refractivity contribution in [1.82, 2.24) is 10.3 Å². The van der Waals surface area contributed by atoms with Gasteiger partial charge in [-0.3, -0.25) is 15.1 Å². The minimum absolute atomic E-state index is 0.102. The van der Waals surface area contributed by atoms with Crippen LogP contribution in [-0.2, 0) is 10.5 Å². The molecule has 0 aromatic heterocycles. The smallest absolute Gasteiger partial charge is 0.276 e. The average Bonchev–Trinajstić information content (AvgIpc) is 2.87. The van der Waals surface area contributed by atoms with Crippen LogP contribution in [-0.4, -0.2) is 22.2 Å². The monoisotopic (exact) mass is 498 g/mol. The molecule has 186 valence electrons. The maximum Gasteiger partial charge on any atom is 0.276 e. The van der Waals surface area contributed by atoms with E-state index in [9.17, 15) is 4.79 Å².